The quantitative estimate of drug-likeness (QED) is 0.514. The Labute approximate surface area is 206 Å². The van der Waals surface area contributed by atoms with E-state index in [9.17, 15) is 13.2 Å². The molecular weight excluding hydrogens is 466 g/mol. The lowest BCUT2D eigenvalue weighted by Gasteiger charge is -2.36. The summed E-state index contributed by atoms with van der Waals surface area (Å²) >= 11 is 0. The Morgan fingerprint density at radius 1 is 0.914 bits per heavy atom. The van der Waals surface area contributed by atoms with Crippen LogP contribution in [0.25, 0.3) is 0 Å². The van der Waals surface area contributed by atoms with Gasteiger partial charge < -0.3 is 19.3 Å². The molecule has 0 bridgehead atoms. The zero-order valence-corrected chi connectivity index (χ0v) is 20.6. The highest BCUT2D eigenvalue weighted by atomic mass is 32.2. The highest BCUT2D eigenvalue weighted by Crippen LogP contribution is 2.28. The van der Waals surface area contributed by atoms with E-state index < -0.39 is 10.0 Å². The maximum Gasteiger partial charge on any atom is 0.261 e. The molecule has 0 aliphatic carbocycles. The van der Waals surface area contributed by atoms with E-state index in [1.165, 1.54) is 12.1 Å². The smallest absolute Gasteiger partial charge is 0.261 e. The largest absolute Gasteiger partial charge is 0.495 e. The molecule has 8 nitrogen and oxygen atoms in total. The molecule has 0 saturated carbocycles. The normalized spacial score (nSPS) is 13.9. The second-order valence-electron chi connectivity index (χ2n) is 8.27. The van der Waals surface area contributed by atoms with Crippen LogP contribution in [-0.4, -0.2) is 59.1 Å². The van der Waals surface area contributed by atoms with Gasteiger partial charge in [0.2, 0.25) is 0 Å². The number of para-hydroxylation sites is 2. The van der Waals surface area contributed by atoms with Crippen LogP contribution in [0.3, 0.4) is 0 Å². The lowest BCUT2D eigenvalue weighted by molar-refractivity contribution is -0.133. The number of carbonyl (C=O) groups excluding carboxylic acids is 1. The molecule has 1 aliphatic rings. The lowest BCUT2D eigenvalue weighted by atomic mass is 10.2. The van der Waals surface area contributed by atoms with E-state index in [0.29, 0.717) is 37.6 Å². The minimum atomic E-state index is -3.72. The van der Waals surface area contributed by atoms with Crippen LogP contribution in [0.1, 0.15) is 5.56 Å². The number of methoxy groups -OCH3 is 1. The molecule has 1 fully saturated rings. The highest BCUT2D eigenvalue weighted by molar-refractivity contribution is 7.92. The monoisotopic (exact) mass is 495 g/mol. The van der Waals surface area contributed by atoms with Crippen molar-refractivity contribution in [3.63, 3.8) is 0 Å². The zero-order chi connectivity index (χ0) is 24.8. The molecule has 1 aliphatic heterocycles. The standard InChI is InChI=1S/C26H29N3O5S/c1-20-7-9-21(10-8-20)27-35(31,32)23-13-11-22(12-14-23)34-19-26(30)29-17-15-28(16-18-29)24-5-3-4-6-25(24)33-2/h3-14,27H,15-19H2,1-2H3. The van der Waals surface area contributed by atoms with Gasteiger partial charge in [-0.1, -0.05) is 29.8 Å². The summed E-state index contributed by atoms with van der Waals surface area (Å²) in [6.45, 7) is 4.40. The number of aryl methyl sites for hydroxylation is 1. The third-order valence-corrected chi connectivity index (χ3v) is 7.26. The van der Waals surface area contributed by atoms with E-state index in [1.54, 1.807) is 36.3 Å². The number of rotatable bonds is 8. The first-order chi connectivity index (χ1) is 16.9. The van der Waals surface area contributed by atoms with E-state index >= 15 is 0 Å². The average Bonchev–Trinajstić information content (AvgIpc) is 2.89. The molecule has 0 atom stereocenters. The molecule has 35 heavy (non-hydrogen) atoms. The van der Waals surface area contributed by atoms with Gasteiger partial charge in [-0.3, -0.25) is 9.52 Å². The van der Waals surface area contributed by atoms with Crippen molar-refractivity contribution in [2.75, 3.05) is 49.5 Å². The fourth-order valence-corrected chi connectivity index (χ4v) is 4.93. The summed E-state index contributed by atoms with van der Waals surface area (Å²) < 4.78 is 38.9. The molecule has 1 saturated heterocycles. The van der Waals surface area contributed by atoms with Crippen LogP contribution in [-0.2, 0) is 14.8 Å². The summed E-state index contributed by atoms with van der Waals surface area (Å²) in [4.78, 5) is 16.7. The summed E-state index contributed by atoms with van der Waals surface area (Å²) in [5.41, 5.74) is 2.56. The number of nitrogens with zero attached hydrogens (tertiary/aromatic N) is 2. The molecule has 1 amide bonds. The molecular formula is C26H29N3O5S. The predicted octanol–water partition coefficient (Wildman–Crippen LogP) is 3.53. The number of carbonyl (C=O) groups is 1. The Morgan fingerprint density at radius 2 is 1.57 bits per heavy atom. The maximum absolute atomic E-state index is 12.6. The number of hydrogen-bond acceptors (Lipinski definition) is 6. The Balaban J connectivity index is 1.28. The minimum Gasteiger partial charge on any atom is -0.495 e. The van der Waals surface area contributed by atoms with Crippen molar-refractivity contribution in [2.45, 2.75) is 11.8 Å². The number of ether oxygens (including phenoxy) is 2. The summed E-state index contributed by atoms with van der Waals surface area (Å²) in [5.74, 6) is 1.14. The van der Waals surface area contributed by atoms with Crippen LogP contribution >= 0.6 is 0 Å². The molecule has 0 spiro atoms. The first-order valence-corrected chi connectivity index (χ1v) is 12.8. The number of sulfonamides is 1. The summed E-state index contributed by atoms with van der Waals surface area (Å²) in [5, 5.41) is 0. The van der Waals surface area contributed by atoms with Gasteiger partial charge in [0, 0.05) is 31.9 Å². The second kappa shape index (κ2) is 10.7. The number of benzene rings is 3. The number of piperazine rings is 1. The van der Waals surface area contributed by atoms with Crippen molar-refractivity contribution >= 4 is 27.3 Å². The van der Waals surface area contributed by atoms with E-state index in [1.807, 2.05) is 43.3 Å². The summed E-state index contributed by atoms with van der Waals surface area (Å²) in [6, 6.07) is 21.0. The van der Waals surface area contributed by atoms with Crippen LogP contribution in [0.2, 0.25) is 0 Å². The molecule has 3 aromatic carbocycles. The molecule has 9 heteroatoms. The molecule has 0 unspecified atom stereocenters. The zero-order valence-electron chi connectivity index (χ0n) is 19.8. The number of nitrogens with one attached hydrogen (secondary N) is 1. The van der Waals surface area contributed by atoms with E-state index in [0.717, 1.165) is 17.0 Å². The third-order valence-electron chi connectivity index (χ3n) is 5.86. The van der Waals surface area contributed by atoms with Crippen LogP contribution in [0.4, 0.5) is 11.4 Å². The predicted molar refractivity (Wildman–Crippen MR) is 136 cm³/mol. The van der Waals surface area contributed by atoms with Gasteiger partial charge in [0.1, 0.15) is 11.5 Å². The highest BCUT2D eigenvalue weighted by Gasteiger charge is 2.23. The molecule has 1 heterocycles. The van der Waals surface area contributed by atoms with Gasteiger partial charge >= 0.3 is 0 Å². The maximum atomic E-state index is 12.6. The van der Waals surface area contributed by atoms with Crippen molar-refractivity contribution in [3.05, 3.63) is 78.4 Å². The van der Waals surface area contributed by atoms with Gasteiger partial charge in [-0.05, 0) is 55.5 Å². The van der Waals surface area contributed by atoms with Gasteiger partial charge in [0.25, 0.3) is 15.9 Å². The third kappa shape index (κ3) is 6.05. The first kappa shape index (κ1) is 24.4. The Bertz CT molecular complexity index is 1250. The van der Waals surface area contributed by atoms with Crippen molar-refractivity contribution in [1.29, 1.82) is 0 Å². The number of amides is 1. The average molecular weight is 496 g/mol. The van der Waals surface area contributed by atoms with Gasteiger partial charge in [-0.15, -0.1) is 0 Å². The van der Waals surface area contributed by atoms with Crippen LogP contribution < -0.4 is 19.1 Å². The molecule has 3 aromatic rings. The van der Waals surface area contributed by atoms with Gasteiger partial charge in [-0.25, -0.2) is 8.42 Å². The first-order valence-electron chi connectivity index (χ1n) is 11.3. The van der Waals surface area contributed by atoms with Crippen LogP contribution in [0.15, 0.2) is 77.7 Å². The molecule has 184 valence electrons. The number of anilines is 2. The Morgan fingerprint density at radius 3 is 2.23 bits per heavy atom. The fraction of sp³-hybridized carbons (Fsp3) is 0.269. The van der Waals surface area contributed by atoms with E-state index in [-0.39, 0.29) is 17.4 Å². The van der Waals surface area contributed by atoms with Crippen molar-refractivity contribution in [3.8, 4) is 11.5 Å². The minimum absolute atomic E-state index is 0.109. The topological polar surface area (TPSA) is 88.2 Å². The molecule has 0 radical (unpaired) electrons. The number of hydrogen-bond donors (Lipinski definition) is 1. The van der Waals surface area contributed by atoms with E-state index in [2.05, 4.69) is 9.62 Å². The SMILES string of the molecule is COc1ccccc1N1CCN(C(=O)COc2ccc(S(=O)(=O)Nc3ccc(C)cc3)cc2)CC1. The lowest BCUT2D eigenvalue weighted by Crippen LogP contribution is -2.50. The van der Waals surface area contributed by atoms with Gasteiger partial charge in [0.05, 0.1) is 17.7 Å². The Hall–Kier alpha value is -3.72. The van der Waals surface area contributed by atoms with Gasteiger partial charge in [0.15, 0.2) is 6.61 Å². The summed E-state index contributed by atoms with van der Waals surface area (Å²) in [7, 11) is -2.07. The molecule has 4 rings (SSSR count). The fourth-order valence-electron chi connectivity index (χ4n) is 3.87. The summed E-state index contributed by atoms with van der Waals surface area (Å²) in [6.07, 6.45) is 0. The van der Waals surface area contributed by atoms with Crippen molar-refractivity contribution in [2.24, 2.45) is 0 Å². The van der Waals surface area contributed by atoms with Gasteiger partial charge in [-0.2, -0.15) is 0 Å². The molecule has 0 aromatic heterocycles. The van der Waals surface area contributed by atoms with Crippen LogP contribution in [0.5, 0.6) is 11.5 Å². The van der Waals surface area contributed by atoms with Crippen molar-refractivity contribution < 1.29 is 22.7 Å². The van der Waals surface area contributed by atoms with E-state index in [4.69, 9.17) is 9.47 Å². The Kier molecular flexibility index (Phi) is 7.45. The second-order valence-corrected chi connectivity index (χ2v) is 9.95. The molecule has 1 N–H and O–H groups in total. The van der Waals surface area contributed by atoms with Crippen LogP contribution in [0, 0.1) is 6.92 Å². The van der Waals surface area contributed by atoms with Crippen molar-refractivity contribution in [1.82, 2.24) is 4.90 Å².